The summed E-state index contributed by atoms with van der Waals surface area (Å²) in [6.45, 7) is 6.85. The minimum absolute atomic E-state index is 0.169. The van der Waals surface area contributed by atoms with Gasteiger partial charge in [0, 0.05) is 6.04 Å². The standard InChI is InChI=1S/C21H24N8S/c1-15-6-5-7-20(16(15)2)29-21(30)28(24-25-29)14-26(4)17(3)18-8-10-19(11-9-18)27-13-22-12-23-27/h5-13,17H,14H2,1-4H3/t17-/m1/s1. The van der Waals surface area contributed by atoms with E-state index in [-0.39, 0.29) is 6.04 Å². The van der Waals surface area contributed by atoms with Crippen LogP contribution in [0.15, 0.2) is 55.1 Å². The van der Waals surface area contributed by atoms with E-state index in [1.54, 1.807) is 20.4 Å². The van der Waals surface area contributed by atoms with Crippen molar-refractivity contribution in [2.24, 2.45) is 0 Å². The molecule has 4 rings (SSSR count). The largest absolute Gasteiger partial charge is 0.281 e. The molecule has 9 heteroatoms. The zero-order valence-corrected chi connectivity index (χ0v) is 18.3. The van der Waals surface area contributed by atoms with Crippen molar-refractivity contribution in [2.45, 2.75) is 33.5 Å². The van der Waals surface area contributed by atoms with Crippen LogP contribution in [0.3, 0.4) is 0 Å². The molecule has 0 saturated carbocycles. The van der Waals surface area contributed by atoms with Crippen molar-refractivity contribution < 1.29 is 0 Å². The first-order valence-corrected chi connectivity index (χ1v) is 10.1. The van der Waals surface area contributed by atoms with Gasteiger partial charge >= 0.3 is 0 Å². The van der Waals surface area contributed by atoms with Gasteiger partial charge in [0.25, 0.3) is 0 Å². The van der Waals surface area contributed by atoms with Gasteiger partial charge in [-0.3, -0.25) is 4.90 Å². The van der Waals surface area contributed by atoms with Crippen molar-refractivity contribution in [3.05, 3.63) is 76.6 Å². The lowest BCUT2D eigenvalue weighted by atomic mass is 10.1. The fourth-order valence-corrected chi connectivity index (χ4v) is 3.54. The topological polar surface area (TPSA) is 69.6 Å². The van der Waals surface area contributed by atoms with Crippen LogP contribution in [0.25, 0.3) is 11.4 Å². The Morgan fingerprint density at radius 3 is 2.53 bits per heavy atom. The van der Waals surface area contributed by atoms with Crippen LogP contribution in [0.5, 0.6) is 0 Å². The van der Waals surface area contributed by atoms with E-state index in [0.29, 0.717) is 11.4 Å². The second-order valence-electron chi connectivity index (χ2n) is 7.40. The van der Waals surface area contributed by atoms with Crippen LogP contribution in [-0.2, 0) is 6.67 Å². The van der Waals surface area contributed by atoms with Crippen molar-refractivity contribution >= 4 is 12.2 Å². The number of hydrogen-bond donors (Lipinski definition) is 0. The summed E-state index contributed by atoms with van der Waals surface area (Å²) >= 11 is 5.65. The first kappa shape index (κ1) is 20.1. The summed E-state index contributed by atoms with van der Waals surface area (Å²) < 4.78 is 5.79. The molecule has 4 aromatic rings. The van der Waals surface area contributed by atoms with E-state index in [1.807, 2.05) is 24.3 Å². The Morgan fingerprint density at radius 1 is 1.07 bits per heavy atom. The third-order valence-electron chi connectivity index (χ3n) is 5.52. The number of aromatic nitrogens is 7. The Bertz CT molecular complexity index is 1190. The van der Waals surface area contributed by atoms with E-state index in [0.717, 1.165) is 16.9 Å². The quantitative estimate of drug-likeness (QED) is 0.444. The highest BCUT2D eigenvalue weighted by atomic mass is 32.1. The summed E-state index contributed by atoms with van der Waals surface area (Å²) in [5.74, 6) is 0. The van der Waals surface area contributed by atoms with Crippen molar-refractivity contribution in [2.75, 3.05) is 7.05 Å². The second kappa shape index (κ2) is 8.29. The monoisotopic (exact) mass is 420 g/mol. The van der Waals surface area contributed by atoms with Gasteiger partial charge in [-0.25, -0.2) is 14.3 Å². The molecule has 8 nitrogen and oxygen atoms in total. The van der Waals surface area contributed by atoms with E-state index in [4.69, 9.17) is 12.2 Å². The molecule has 0 radical (unpaired) electrons. The normalized spacial score (nSPS) is 12.4. The van der Waals surface area contributed by atoms with Gasteiger partial charge in [-0.1, -0.05) is 24.3 Å². The molecule has 0 aliphatic carbocycles. The predicted octanol–water partition coefficient (Wildman–Crippen LogP) is 3.65. The molecule has 2 heterocycles. The highest BCUT2D eigenvalue weighted by molar-refractivity contribution is 7.71. The Kier molecular flexibility index (Phi) is 5.56. The molecular weight excluding hydrogens is 396 g/mol. The van der Waals surface area contributed by atoms with Gasteiger partial charge in [-0.05, 0) is 85.4 Å². The maximum Gasteiger partial charge on any atom is 0.221 e. The maximum absolute atomic E-state index is 5.65. The SMILES string of the molecule is Cc1cccc(-n2nnn(CN(C)[C@H](C)c3ccc(-n4cncn4)cc3)c2=S)c1C. The Labute approximate surface area is 180 Å². The lowest BCUT2D eigenvalue weighted by Crippen LogP contribution is -2.26. The maximum atomic E-state index is 5.65. The van der Waals surface area contributed by atoms with E-state index < -0.39 is 0 Å². The van der Waals surface area contributed by atoms with Gasteiger partial charge < -0.3 is 0 Å². The van der Waals surface area contributed by atoms with E-state index in [2.05, 4.69) is 71.4 Å². The van der Waals surface area contributed by atoms with Crippen molar-refractivity contribution in [1.29, 1.82) is 0 Å². The fraction of sp³-hybridized carbons (Fsp3) is 0.286. The molecule has 0 N–H and O–H groups in total. The lowest BCUT2D eigenvalue weighted by Gasteiger charge is -2.24. The van der Waals surface area contributed by atoms with E-state index >= 15 is 0 Å². The van der Waals surface area contributed by atoms with Gasteiger partial charge in [0.05, 0.1) is 18.0 Å². The van der Waals surface area contributed by atoms with Crippen LogP contribution in [0.4, 0.5) is 0 Å². The third kappa shape index (κ3) is 3.81. The molecule has 1 atom stereocenters. The molecular formula is C21H24N8S. The zero-order chi connectivity index (χ0) is 21.3. The molecule has 154 valence electrons. The minimum Gasteiger partial charge on any atom is -0.281 e. The Hall–Kier alpha value is -3.17. The molecule has 0 spiro atoms. The molecule has 2 aromatic heterocycles. The number of tetrazole rings is 1. The van der Waals surface area contributed by atoms with E-state index in [1.165, 1.54) is 17.5 Å². The van der Waals surface area contributed by atoms with Gasteiger partial charge in [-0.15, -0.1) is 0 Å². The number of nitrogens with zero attached hydrogens (tertiary/aromatic N) is 8. The van der Waals surface area contributed by atoms with Crippen LogP contribution >= 0.6 is 12.2 Å². The molecule has 0 fully saturated rings. The summed E-state index contributed by atoms with van der Waals surface area (Å²) in [4.78, 5) is 6.17. The Balaban J connectivity index is 1.51. The summed E-state index contributed by atoms with van der Waals surface area (Å²) in [5.41, 5.74) is 5.48. The highest BCUT2D eigenvalue weighted by Gasteiger charge is 2.15. The van der Waals surface area contributed by atoms with Crippen molar-refractivity contribution in [3.63, 3.8) is 0 Å². The van der Waals surface area contributed by atoms with Gasteiger partial charge in [0.2, 0.25) is 4.77 Å². The van der Waals surface area contributed by atoms with Crippen LogP contribution in [0, 0.1) is 18.6 Å². The smallest absolute Gasteiger partial charge is 0.221 e. The highest BCUT2D eigenvalue weighted by Crippen LogP contribution is 2.21. The van der Waals surface area contributed by atoms with Crippen LogP contribution < -0.4 is 0 Å². The summed E-state index contributed by atoms with van der Waals surface area (Å²) in [5, 5.41) is 12.8. The summed E-state index contributed by atoms with van der Waals surface area (Å²) in [6.07, 6.45) is 3.21. The van der Waals surface area contributed by atoms with Gasteiger partial charge in [0.15, 0.2) is 0 Å². The molecule has 0 unspecified atom stereocenters. The van der Waals surface area contributed by atoms with Crippen LogP contribution in [-0.4, -0.2) is 46.5 Å². The van der Waals surface area contributed by atoms with Gasteiger partial charge in [0.1, 0.15) is 12.7 Å². The zero-order valence-electron chi connectivity index (χ0n) is 17.5. The summed E-state index contributed by atoms with van der Waals surface area (Å²) in [6, 6.07) is 14.6. The molecule has 0 aliphatic rings. The number of benzene rings is 2. The second-order valence-corrected chi connectivity index (χ2v) is 7.76. The molecule has 0 aliphatic heterocycles. The Morgan fingerprint density at radius 2 is 1.83 bits per heavy atom. The van der Waals surface area contributed by atoms with Crippen molar-refractivity contribution in [1.82, 2.24) is 39.5 Å². The number of aryl methyl sites for hydroxylation is 1. The fourth-order valence-electron chi connectivity index (χ4n) is 3.31. The predicted molar refractivity (Wildman–Crippen MR) is 117 cm³/mol. The average Bonchev–Trinajstić information content (AvgIpc) is 3.41. The van der Waals surface area contributed by atoms with Crippen molar-refractivity contribution in [3.8, 4) is 11.4 Å². The van der Waals surface area contributed by atoms with Crippen LogP contribution in [0.1, 0.15) is 29.7 Å². The molecule has 0 saturated heterocycles. The average molecular weight is 421 g/mol. The number of rotatable bonds is 6. The molecule has 0 bridgehead atoms. The lowest BCUT2D eigenvalue weighted by molar-refractivity contribution is 0.193. The third-order valence-corrected chi connectivity index (χ3v) is 5.90. The first-order chi connectivity index (χ1) is 14.5. The number of hydrogen-bond acceptors (Lipinski definition) is 6. The summed E-state index contributed by atoms with van der Waals surface area (Å²) in [7, 11) is 2.05. The van der Waals surface area contributed by atoms with E-state index in [9.17, 15) is 0 Å². The molecule has 0 amide bonds. The van der Waals surface area contributed by atoms with Crippen LogP contribution in [0.2, 0.25) is 0 Å². The minimum atomic E-state index is 0.169. The molecule has 30 heavy (non-hydrogen) atoms. The molecule has 2 aromatic carbocycles. The first-order valence-electron chi connectivity index (χ1n) is 9.70. The van der Waals surface area contributed by atoms with Gasteiger partial charge in [-0.2, -0.15) is 9.78 Å².